The number of hydrogen-bond acceptors (Lipinski definition) is 1. The van der Waals surface area contributed by atoms with Gasteiger partial charge in [-0.3, -0.25) is 0 Å². The molecule has 1 nitrogen and oxygen atoms in total. The molecule has 1 aliphatic rings. The third-order valence-corrected chi connectivity index (χ3v) is 3.45. The van der Waals surface area contributed by atoms with Gasteiger partial charge in [-0.15, -0.1) is 0 Å². The van der Waals surface area contributed by atoms with Crippen molar-refractivity contribution in [2.45, 2.75) is 44.6 Å². The number of hydrogen-bond donors (Lipinski definition) is 1. The quantitative estimate of drug-likeness (QED) is 0.799. The van der Waals surface area contributed by atoms with Crippen LogP contribution in [0.5, 0.6) is 0 Å². The molecule has 2 N–H and O–H groups in total. The Labute approximate surface area is 92.7 Å². The Morgan fingerprint density at radius 2 is 1.80 bits per heavy atom. The second kappa shape index (κ2) is 5.32. The monoisotopic (exact) mass is 203 g/mol. The maximum Gasteiger partial charge on any atom is 0.00819 e. The van der Waals surface area contributed by atoms with Crippen molar-refractivity contribution < 1.29 is 0 Å². The predicted molar refractivity (Wildman–Crippen MR) is 64.7 cm³/mol. The predicted octanol–water partition coefficient (Wildman–Crippen LogP) is 3.14. The van der Waals surface area contributed by atoms with E-state index in [0.29, 0.717) is 6.04 Å². The lowest BCUT2D eigenvalue weighted by molar-refractivity contribution is 0.440. The van der Waals surface area contributed by atoms with Gasteiger partial charge in [0, 0.05) is 6.04 Å². The molecule has 0 spiro atoms. The van der Waals surface area contributed by atoms with Gasteiger partial charge in [0.15, 0.2) is 0 Å². The van der Waals surface area contributed by atoms with Gasteiger partial charge in [-0.2, -0.15) is 0 Å². The molecule has 1 unspecified atom stereocenters. The summed E-state index contributed by atoms with van der Waals surface area (Å²) in [4.78, 5) is 0. The molecule has 1 fully saturated rings. The van der Waals surface area contributed by atoms with E-state index >= 15 is 0 Å². The molecule has 2 rings (SSSR count). The van der Waals surface area contributed by atoms with Crippen molar-refractivity contribution in [2.75, 3.05) is 0 Å². The minimum Gasteiger partial charge on any atom is -0.327 e. The molecule has 0 aliphatic heterocycles. The van der Waals surface area contributed by atoms with Gasteiger partial charge < -0.3 is 5.73 Å². The molecule has 1 atom stereocenters. The number of benzene rings is 1. The van der Waals surface area contributed by atoms with Crippen LogP contribution in [0.3, 0.4) is 0 Å². The van der Waals surface area contributed by atoms with Crippen molar-refractivity contribution in [3.63, 3.8) is 0 Å². The highest BCUT2D eigenvalue weighted by Crippen LogP contribution is 2.28. The van der Waals surface area contributed by atoms with Gasteiger partial charge in [-0.05, 0) is 24.3 Å². The smallest absolute Gasteiger partial charge is 0.00819 e. The van der Waals surface area contributed by atoms with E-state index in [1.165, 1.54) is 37.7 Å². The van der Waals surface area contributed by atoms with Gasteiger partial charge in [0.05, 0.1) is 0 Å². The molecule has 0 radical (unpaired) electrons. The van der Waals surface area contributed by atoms with Gasteiger partial charge in [-0.1, -0.05) is 56.0 Å². The zero-order valence-corrected chi connectivity index (χ0v) is 9.36. The molecular formula is C14H21N. The average molecular weight is 203 g/mol. The van der Waals surface area contributed by atoms with Crippen LogP contribution in [-0.2, 0) is 6.42 Å². The molecule has 1 aliphatic carbocycles. The third-order valence-electron chi connectivity index (χ3n) is 3.45. The Balaban J connectivity index is 1.79. The van der Waals surface area contributed by atoms with Crippen LogP contribution in [0.2, 0.25) is 0 Å². The highest BCUT2D eigenvalue weighted by atomic mass is 14.6. The van der Waals surface area contributed by atoms with E-state index < -0.39 is 0 Å². The van der Waals surface area contributed by atoms with Crippen molar-refractivity contribution in [1.29, 1.82) is 0 Å². The van der Waals surface area contributed by atoms with E-state index in [-0.39, 0.29) is 0 Å². The number of nitrogens with two attached hydrogens (primary N) is 1. The Bertz CT molecular complexity index is 275. The lowest BCUT2D eigenvalue weighted by Crippen LogP contribution is -2.25. The summed E-state index contributed by atoms with van der Waals surface area (Å²) < 4.78 is 0. The fourth-order valence-electron chi connectivity index (χ4n) is 2.67. The van der Waals surface area contributed by atoms with Gasteiger partial charge in [0.2, 0.25) is 0 Å². The van der Waals surface area contributed by atoms with Crippen molar-refractivity contribution in [3.05, 3.63) is 35.9 Å². The Morgan fingerprint density at radius 1 is 1.13 bits per heavy atom. The summed E-state index contributed by atoms with van der Waals surface area (Å²) in [7, 11) is 0. The van der Waals surface area contributed by atoms with Crippen molar-refractivity contribution in [2.24, 2.45) is 11.7 Å². The van der Waals surface area contributed by atoms with Crippen LogP contribution >= 0.6 is 0 Å². The first-order valence-electron chi connectivity index (χ1n) is 6.14. The highest BCUT2D eigenvalue weighted by molar-refractivity contribution is 5.15. The second-order valence-corrected chi connectivity index (χ2v) is 4.84. The van der Waals surface area contributed by atoms with Gasteiger partial charge in [0.25, 0.3) is 0 Å². The van der Waals surface area contributed by atoms with Crippen LogP contribution in [0.25, 0.3) is 0 Å². The molecule has 0 bridgehead atoms. The van der Waals surface area contributed by atoms with Crippen molar-refractivity contribution in [3.8, 4) is 0 Å². The van der Waals surface area contributed by atoms with Crippen LogP contribution < -0.4 is 5.73 Å². The topological polar surface area (TPSA) is 26.0 Å². The fraction of sp³-hybridized carbons (Fsp3) is 0.571. The zero-order valence-electron chi connectivity index (χ0n) is 9.36. The Morgan fingerprint density at radius 3 is 2.47 bits per heavy atom. The van der Waals surface area contributed by atoms with E-state index in [1.54, 1.807) is 0 Å². The molecule has 1 saturated carbocycles. The summed E-state index contributed by atoms with van der Waals surface area (Å²) in [5.41, 5.74) is 7.56. The molecule has 0 saturated heterocycles. The molecule has 82 valence electrons. The van der Waals surface area contributed by atoms with Gasteiger partial charge >= 0.3 is 0 Å². The lowest BCUT2D eigenvalue weighted by atomic mass is 9.95. The van der Waals surface area contributed by atoms with E-state index in [1.807, 2.05) is 0 Å². The van der Waals surface area contributed by atoms with Crippen molar-refractivity contribution >= 4 is 0 Å². The summed E-state index contributed by atoms with van der Waals surface area (Å²) in [6, 6.07) is 11.0. The fourth-order valence-corrected chi connectivity index (χ4v) is 2.67. The summed E-state index contributed by atoms with van der Waals surface area (Å²) in [5, 5.41) is 0. The van der Waals surface area contributed by atoms with Crippen LogP contribution in [0, 0.1) is 5.92 Å². The van der Waals surface area contributed by atoms with E-state index in [9.17, 15) is 0 Å². The van der Waals surface area contributed by atoms with E-state index in [2.05, 4.69) is 30.3 Å². The second-order valence-electron chi connectivity index (χ2n) is 4.84. The van der Waals surface area contributed by atoms with Crippen LogP contribution in [0.1, 0.15) is 37.7 Å². The number of rotatable bonds is 4. The lowest BCUT2D eigenvalue weighted by Gasteiger charge is -2.16. The maximum absolute atomic E-state index is 6.19. The Hall–Kier alpha value is -0.820. The summed E-state index contributed by atoms with van der Waals surface area (Å²) in [5.74, 6) is 0.906. The molecule has 0 heterocycles. The maximum atomic E-state index is 6.19. The molecule has 0 aromatic heterocycles. The third kappa shape index (κ3) is 3.35. The van der Waals surface area contributed by atoms with Gasteiger partial charge in [0.1, 0.15) is 0 Å². The molecular weight excluding hydrogens is 182 g/mol. The van der Waals surface area contributed by atoms with Crippen LogP contribution in [-0.4, -0.2) is 6.04 Å². The largest absolute Gasteiger partial charge is 0.327 e. The van der Waals surface area contributed by atoms with Crippen LogP contribution in [0.4, 0.5) is 0 Å². The van der Waals surface area contributed by atoms with Crippen molar-refractivity contribution in [1.82, 2.24) is 0 Å². The Kier molecular flexibility index (Phi) is 3.79. The first-order valence-corrected chi connectivity index (χ1v) is 6.14. The normalized spacial score (nSPS) is 19.3. The standard InChI is InChI=1S/C14H21N/c15-14(11-13-8-4-5-9-13)10-12-6-2-1-3-7-12/h1-3,6-7,13-14H,4-5,8-11,15H2. The zero-order chi connectivity index (χ0) is 10.5. The van der Waals surface area contributed by atoms with E-state index in [0.717, 1.165) is 12.3 Å². The summed E-state index contributed by atoms with van der Waals surface area (Å²) in [6.45, 7) is 0. The molecule has 0 amide bonds. The SMILES string of the molecule is NC(Cc1ccccc1)CC1CCCC1. The molecule has 1 heteroatoms. The minimum absolute atomic E-state index is 0.357. The minimum atomic E-state index is 0.357. The molecule has 15 heavy (non-hydrogen) atoms. The van der Waals surface area contributed by atoms with E-state index in [4.69, 9.17) is 5.73 Å². The molecule has 1 aromatic carbocycles. The first-order chi connectivity index (χ1) is 7.34. The summed E-state index contributed by atoms with van der Waals surface area (Å²) >= 11 is 0. The average Bonchev–Trinajstić information content (AvgIpc) is 2.71. The first kappa shape index (κ1) is 10.7. The molecule has 1 aromatic rings. The highest BCUT2D eigenvalue weighted by Gasteiger charge is 2.17. The summed E-state index contributed by atoms with van der Waals surface area (Å²) in [6.07, 6.45) is 7.91. The van der Waals surface area contributed by atoms with Crippen LogP contribution in [0.15, 0.2) is 30.3 Å². The van der Waals surface area contributed by atoms with Gasteiger partial charge in [-0.25, -0.2) is 0 Å².